The number of aliphatic imine (C=N–C) groups is 1. The quantitative estimate of drug-likeness (QED) is 0.568. The lowest BCUT2D eigenvalue weighted by molar-refractivity contribution is 0.367. The Balaban J connectivity index is 2.57. The highest BCUT2D eigenvalue weighted by molar-refractivity contribution is 5.98. The van der Waals surface area contributed by atoms with E-state index in [1.807, 2.05) is 38.1 Å². The molecule has 0 saturated carbocycles. The summed E-state index contributed by atoms with van der Waals surface area (Å²) in [6.45, 7) is 8.17. The largest absolute Gasteiger partial charge is 0.489 e. The maximum atomic E-state index is 5.66. The SMILES string of the molecule is C=CCOc1cccc2c(N=C(C)C)cccc12. The van der Waals surface area contributed by atoms with Crippen LogP contribution in [0, 0.1) is 0 Å². The van der Waals surface area contributed by atoms with Crippen molar-refractivity contribution in [2.45, 2.75) is 13.8 Å². The van der Waals surface area contributed by atoms with Crippen LogP contribution in [0.1, 0.15) is 13.8 Å². The zero-order valence-electron chi connectivity index (χ0n) is 10.8. The van der Waals surface area contributed by atoms with E-state index in [1.54, 1.807) is 6.08 Å². The van der Waals surface area contributed by atoms with Gasteiger partial charge >= 0.3 is 0 Å². The summed E-state index contributed by atoms with van der Waals surface area (Å²) in [5.74, 6) is 0.873. The first-order chi connectivity index (χ1) is 8.72. The van der Waals surface area contributed by atoms with Gasteiger partial charge in [0.25, 0.3) is 0 Å². The first-order valence-corrected chi connectivity index (χ1v) is 5.99. The van der Waals surface area contributed by atoms with Crippen molar-refractivity contribution in [3.8, 4) is 5.75 Å². The molecule has 0 atom stereocenters. The molecule has 2 nitrogen and oxygen atoms in total. The fraction of sp³-hybridized carbons (Fsp3) is 0.188. The summed E-state index contributed by atoms with van der Waals surface area (Å²) in [7, 11) is 0. The van der Waals surface area contributed by atoms with E-state index in [0.29, 0.717) is 6.61 Å². The number of benzene rings is 2. The van der Waals surface area contributed by atoms with Crippen molar-refractivity contribution in [1.82, 2.24) is 0 Å². The summed E-state index contributed by atoms with van der Waals surface area (Å²) in [4.78, 5) is 4.55. The Bertz CT molecular complexity index is 595. The molecule has 18 heavy (non-hydrogen) atoms. The zero-order valence-corrected chi connectivity index (χ0v) is 10.8. The highest BCUT2D eigenvalue weighted by Gasteiger charge is 2.04. The van der Waals surface area contributed by atoms with Crippen molar-refractivity contribution in [2.75, 3.05) is 6.61 Å². The van der Waals surface area contributed by atoms with Crippen molar-refractivity contribution in [3.05, 3.63) is 49.1 Å². The highest BCUT2D eigenvalue weighted by Crippen LogP contribution is 2.32. The molecule has 2 heteroatoms. The van der Waals surface area contributed by atoms with Gasteiger partial charge in [-0.15, -0.1) is 0 Å². The number of nitrogens with zero attached hydrogens (tertiary/aromatic N) is 1. The Hall–Kier alpha value is -2.09. The number of hydrogen-bond acceptors (Lipinski definition) is 2. The van der Waals surface area contributed by atoms with Gasteiger partial charge in [-0.05, 0) is 26.0 Å². The van der Waals surface area contributed by atoms with Gasteiger partial charge < -0.3 is 4.74 Å². The van der Waals surface area contributed by atoms with Crippen LogP contribution < -0.4 is 4.74 Å². The lowest BCUT2D eigenvalue weighted by Crippen LogP contribution is -1.93. The van der Waals surface area contributed by atoms with Crippen LogP contribution in [-0.4, -0.2) is 12.3 Å². The first kappa shape index (κ1) is 12.4. The average molecular weight is 239 g/mol. The molecule has 2 aromatic carbocycles. The number of rotatable bonds is 4. The van der Waals surface area contributed by atoms with Gasteiger partial charge in [-0.1, -0.05) is 36.9 Å². The van der Waals surface area contributed by atoms with E-state index in [2.05, 4.69) is 23.7 Å². The van der Waals surface area contributed by atoms with E-state index in [9.17, 15) is 0 Å². The van der Waals surface area contributed by atoms with E-state index in [-0.39, 0.29) is 0 Å². The molecule has 0 unspecified atom stereocenters. The van der Waals surface area contributed by atoms with Crippen molar-refractivity contribution < 1.29 is 4.74 Å². The van der Waals surface area contributed by atoms with Crippen LogP contribution >= 0.6 is 0 Å². The minimum absolute atomic E-state index is 0.513. The fourth-order valence-electron chi connectivity index (χ4n) is 1.88. The second-order valence-electron chi connectivity index (χ2n) is 4.29. The molecule has 0 radical (unpaired) electrons. The standard InChI is InChI=1S/C16H17NO/c1-4-11-18-16-10-6-7-13-14(16)8-5-9-15(13)17-12(2)3/h4-10H,1,11H2,2-3H3. The van der Waals surface area contributed by atoms with Crippen LogP contribution in [-0.2, 0) is 0 Å². The average Bonchev–Trinajstić information content (AvgIpc) is 2.36. The Kier molecular flexibility index (Phi) is 3.78. The molecule has 0 aliphatic rings. The van der Waals surface area contributed by atoms with Gasteiger partial charge in [0, 0.05) is 16.5 Å². The predicted molar refractivity (Wildman–Crippen MR) is 78.1 cm³/mol. The Morgan fingerprint density at radius 1 is 1.17 bits per heavy atom. The molecule has 92 valence electrons. The smallest absolute Gasteiger partial charge is 0.127 e. The van der Waals surface area contributed by atoms with E-state index >= 15 is 0 Å². The zero-order chi connectivity index (χ0) is 13.0. The van der Waals surface area contributed by atoms with E-state index in [1.165, 1.54) is 0 Å². The number of hydrogen-bond donors (Lipinski definition) is 0. The van der Waals surface area contributed by atoms with Crippen LogP contribution in [0.3, 0.4) is 0 Å². The van der Waals surface area contributed by atoms with Crippen LogP contribution in [0.4, 0.5) is 5.69 Å². The Morgan fingerprint density at radius 2 is 1.89 bits per heavy atom. The number of fused-ring (bicyclic) bond motifs is 1. The van der Waals surface area contributed by atoms with E-state index in [0.717, 1.165) is 27.9 Å². The minimum Gasteiger partial charge on any atom is -0.489 e. The van der Waals surface area contributed by atoms with Crippen LogP contribution in [0.25, 0.3) is 10.8 Å². The topological polar surface area (TPSA) is 21.6 Å². The summed E-state index contributed by atoms with van der Waals surface area (Å²) in [5.41, 5.74) is 2.02. The molecule has 0 bridgehead atoms. The third-order valence-electron chi connectivity index (χ3n) is 2.56. The van der Waals surface area contributed by atoms with E-state index < -0.39 is 0 Å². The molecule has 0 amide bonds. The molecule has 2 rings (SSSR count). The maximum Gasteiger partial charge on any atom is 0.127 e. The predicted octanol–water partition coefficient (Wildman–Crippen LogP) is 4.52. The molecular weight excluding hydrogens is 222 g/mol. The molecule has 0 saturated heterocycles. The van der Waals surface area contributed by atoms with Crippen LogP contribution in [0.5, 0.6) is 5.75 Å². The highest BCUT2D eigenvalue weighted by atomic mass is 16.5. The molecule has 0 spiro atoms. The van der Waals surface area contributed by atoms with Crippen molar-refractivity contribution in [1.29, 1.82) is 0 Å². The van der Waals surface area contributed by atoms with Crippen LogP contribution in [0.2, 0.25) is 0 Å². The summed E-state index contributed by atoms with van der Waals surface area (Å²) >= 11 is 0. The molecule has 0 aromatic heterocycles. The number of ether oxygens (including phenoxy) is 1. The molecular formula is C16H17NO. The third kappa shape index (κ3) is 2.59. The third-order valence-corrected chi connectivity index (χ3v) is 2.56. The normalized spacial score (nSPS) is 10.1. The van der Waals surface area contributed by atoms with Gasteiger partial charge in [0.15, 0.2) is 0 Å². The van der Waals surface area contributed by atoms with Gasteiger partial charge in [0.1, 0.15) is 12.4 Å². The van der Waals surface area contributed by atoms with Gasteiger partial charge in [0.2, 0.25) is 0 Å². The van der Waals surface area contributed by atoms with Gasteiger partial charge in [0.05, 0.1) is 5.69 Å². The maximum absolute atomic E-state index is 5.66. The Morgan fingerprint density at radius 3 is 2.61 bits per heavy atom. The fourth-order valence-corrected chi connectivity index (χ4v) is 1.88. The summed E-state index contributed by atoms with van der Waals surface area (Å²) in [6, 6.07) is 12.1. The van der Waals surface area contributed by atoms with Gasteiger partial charge in [-0.25, -0.2) is 0 Å². The first-order valence-electron chi connectivity index (χ1n) is 5.99. The minimum atomic E-state index is 0.513. The molecule has 0 fully saturated rings. The lowest BCUT2D eigenvalue weighted by atomic mass is 10.1. The molecule has 0 heterocycles. The van der Waals surface area contributed by atoms with Crippen molar-refractivity contribution >= 4 is 22.2 Å². The van der Waals surface area contributed by atoms with Gasteiger partial charge in [-0.2, -0.15) is 0 Å². The molecule has 0 N–H and O–H groups in total. The Labute approximate surface area is 108 Å². The van der Waals surface area contributed by atoms with Crippen molar-refractivity contribution in [3.63, 3.8) is 0 Å². The van der Waals surface area contributed by atoms with E-state index in [4.69, 9.17) is 4.74 Å². The monoisotopic (exact) mass is 239 g/mol. The molecule has 2 aromatic rings. The molecule has 0 aliphatic carbocycles. The van der Waals surface area contributed by atoms with Crippen molar-refractivity contribution in [2.24, 2.45) is 4.99 Å². The lowest BCUT2D eigenvalue weighted by Gasteiger charge is -2.09. The second kappa shape index (κ2) is 5.50. The van der Waals surface area contributed by atoms with Gasteiger partial charge in [-0.3, -0.25) is 4.99 Å². The second-order valence-corrected chi connectivity index (χ2v) is 4.29. The molecule has 0 aliphatic heterocycles. The van der Waals surface area contributed by atoms with Crippen LogP contribution in [0.15, 0.2) is 54.0 Å². The summed E-state index contributed by atoms with van der Waals surface area (Å²) in [6.07, 6.45) is 1.75. The summed E-state index contributed by atoms with van der Waals surface area (Å²) in [5, 5.41) is 2.20. The summed E-state index contributed by atoms with van der Waals surface area (Å²) < 4.78 is 5.66.